The van der Waals surface area contributed by atoms with Crippen LogP contribution in [0.4, 0.5) is 15.3 Å². The first-order valence-corrected chi connectivity index (χ1v) is 21.6. The molecule has 8 rings (SSSR count). The molecule has 5 heterocycles. The van der Waals surface area contributed by atoms with Crippen molar-refractivity contribution in [2.45, 2.75) is 97.1 Å². The van der Waals surface area contributed by atoms with E-state index in [1.807, 2.05) is 32.6 Å². The highest BCUT2D eigenvalue weighted by atomic mass is 16.5. The summed E-state index contributed by atoms with van der Waals surface area (Å²) in [4.78, 5) is 69.4. The molecule has 4 aliphatic rings. The van der Waals surface area contributed by atoms with Crippen LogP contribution < -0.4 is 15.4 Å². The number of hydrogen-bond donors (Lipinski definition) is 3. The van der Waals surface area contributed by atoms with Crippen molar-refractivity contribution >= 4 is 46.2 Å². The van der Waals surface area contributed by atoms with E-state index in [1.54, 1.807) is 18.2 Å². The second-order valence-electron chi connectivity index (χ2n) is 17.7. The number of nitrogens with one attached hydrogen (secondary N) is 3. The summed E-state index contributed by atoms with van der Waals surface area (Å²) in [6.07, 6.45) is 3.49. The van der Waals surface area contributed by atoms with Crippen molar-refractivity contribution in [3.05, 3.63) is 65.6 Å². The average Bonchev–Trinajstić information content (AvgIpc) is 4.09. The highest BCUT2D eigenvalue weighted by Crippen LogP contribution is 2.45. The first kappa shape index (κ1) is 42.7. The van der Waals surface area contributed by atoms with Crippen molar-refractivity contribution in [1.29, 1.82) is 0 Å². The molecule has 0 spiro atoms. The van der Waals surface area contributed by atoms with E-state index in [9.17, 15) is 19.2 Å². The van der Waals surface area contributed by atoms with E-state index in [2.05, 4.69) is 65.0 Å². The van der Waals surface area contributed by atoms with Crippen molar-refractivity contribution < 1.29 is 38.1 Å². The van der Waals surface area contributed by atoms with Gasteiger partial charge in [-0.05, 0) is 95.3 Å². The molecule has 0 bridgehead atoms. The van der Waals surface area contributed by atoms with E-state index < -0.39 is 24.3 Å². The number of carbonyl (C=O) groups is 4. The number of aromatic nitrogens is 2. The zero-order valence-corrected chi connectivity index (χ0v) is 36.7. The molecule has 4 aromatic rings. The van der Waals surface area contributed by atoms with Gasteiger partial charge in [-0.2, -0.15) is 0 Å². The molecule has 328 valence electrons. The van der Waals surface area contributed by atoms with Crippen molar-refractivity contribution in [3.63, 3.8) is 0 Å². The Balaban J connectivity index is 1.02. The number of fused-ring (bicyclic) bond motifs is 6. The summed E-state index contributed by atoms with van der Waals surface area (Å²) in [5.41, 5.74) is 7.91. The number of carbonyl (C=O) groups excluding carboxylic acids is 4. The number of benzene rings is 3. The molecule has 0 saturated carbocycles. The van der Waals surface area contributed by atoms with Crippen molar-refractivity contribution in [2.24, 2.45) is 22.7 Å². The number of methoxy groups -OCH3 is 3. The van der Waals surface area contributed by atoms with Crippen LogP contribution in [0.1, 0.15) is 76.9 Å². The Kier molecular flexibility index (Phi) is 12.0. The molecule has 1 aromatic heterocycles. The zero-order valence-electron chi connectivity index (χ0n) is 36.7. The van der Waals surface area contributed by atoms with Crippen molar-refractivity contribution in [1.82, 2.24) is 30.4 Å². The van der Waals surface area contributed by atoms with E-state index in [0.717, 1.165) is 74.3 Å². The summed E-state index contributed by atoms with van der Waals surface area (Å²) < 4.78 is 21.6. The third kappa shape index (κ3) is 7.98. The van der Waals surface area contributed by atoms with Gasteiger partial charge in [0.25, 0.3) is 0 Å². The molecular weight excluding hydrogens is 791 g/mol. The number of imidazole rings is 1. The molecule has 6 atom stereocenters. The fourth-order valence-electron chi connectivity index (χ4n) is 9.75. The van der Waals surface area contributed by atoms with Gasteiger partial charge in [0.05, 0.1) is 50.5 Å². The number of aromatic amines is 1. The van der Waals surface area contributed by atoms with Crippen molar-refractivity contribution in [2.75, 3.05) is 34.5 Å². The summed E-state index contributed by atoms with van der Waals surface area (Å²) in [6.45, 7) is 11.1. The summed E-state index contributed by atoms with van der Waals surface area (Å²) >= 11 is 0. The highest BCUT2D eigenvalue weighted by Gasteiger charge is 2.43. The minimum absolute atomic E-state index is 0.00991. The largest absolute Gasteiger partial charge is 0.488 e. The Labute approximate surface area is 361 Å². The lowest BCUT2D eigenvalue weighted by atomic mass is 9.90. The van der Waals surface area contributed by atoms with Gasteiger partial charge >= 0.3 is 12.2 Å². The standard InChI is InChI=1S/C47H57N7O8/c1-24(2)41(51-46(57)60-7)44(55)53-21-27(22-59-6)15-39(53)43-48-20-37(50-43)29-10-12-31-30(16-29)23-62-40-19-32-28(17-34(31)40)11-13-35-33(32)18-36(49-35)38-14-9-26(5)54(38)45(56)42(25(3)4)52-47(58)61-8/h10-13,16-17,19-20,24-27,38-39,41-42H,9,14-15,18,21-23H2,1-8H3,(H,48,50)(H,51,57)(H,52,58)/t26-,27-,38?,39?,41-,42-/m0/s1. The Morgan fingerprint density at radius 3 is 2.31 bits per heavy atom. The summed E-state index contributed by atoms with van der Waals surface area (Å²) in [7, 11) is 4.25. The third-order valence-electron chi connectivity index (χ3n) is 13.0. The minimum Gasteiger partial charge on any atom is -0.488 e. The maximum Gasteiger partial charge on any atom is 0.407 e. The maximum atomic E-state index is 14.0. The van der Waals surface area contributed by atoms with Crippen LogP contribution in [0, 0.1) is 17.8 Å². The fourth-order valence-corrected chi connectivity index (χ4v) is 9.75. The highest BCUT2D eigenvalue weighted by molar-refractivity contribution is 6.06. The molecular formula is C47H57N7O8. The normalized spacial score (nSPS) is 21.2. The second-order valence-corrected chi connectivity index (χ2v) is 17.7. The first-order chi connectivity index (χ1) is 29.8. The van der Waals surface area contributed by atoms with Gasteiger partial charge in [0.1, 0.15) is 30.3 Å². The Bertz CT molecular complexity index is 2430. The Hall–Kier alpha value is -5.96. The molecule has 15 nitrogen and oxygen atoms in total. The monoisotopic (exact) mass is 847 g/mol. The van der Waals surface area contributed by atoms with Gasteiger partial charge in [-0.15, -0.1) is 0 Å². The number of H-pyrrole nitrogens is 1. The lowest BCUT2D eigenvalue weighted by Gasteiger charge is -2.33. The third-order valence-corrected chi connectivity index (χ3v) is 13.0. The number of nitrogens with zero attached hydrogens (tertiary/aromatic N) is 4. The number of hydrogen-bond acceptors (Lipinski definition) is 10. The van der Waals surface area contributed by atoms with Gasteiger partial charge in [-0.3, -0.25) is 14.6 Å². The molecule has 4 aliphatic heterocycles. The number of alkyl carbamates (subject to hydrolysis) is 2. The zero-order chi connectivity index (χ0) is 44.0. The van der Waals surface area contributed by atoms with Crippen LogP contribution >= 0.6 is 0 Å². The minimum atomic E-state index is -0.751. The Morgan fingerprint density at radius 1 is 0.887 bits per heavy atom. The van der Waals surface area contributed by atoms with E-state index in [1.165, 1.54) is 14.2 Å². The van der Waals surface area contributed by atoms with Crippen molar-refractivity contribution in [3.8, 4) is 28.1 Å². The smallest absolute Gasteiger partial charge is 0.407 e. The first-order valence-electron chi connectivity index (χ1n) is 21.6. The predicted molar refractivity (Wildman–Crippen MR) is 234 cm³/mol. The SMILES string of the molecule is COC[C@H]1CC(c2ncc(-c3ccc4c(c3)COc3cc5c6c(ccc5cc3-4)N=C(C3CC[C@H](C)N3C(=O)[C@@H](NC(=O)OC)C(C)C)C6)[nH]2)N(C(=O)[C@@H](NC(=O)OC)C(C)C)C1. The van der Waals surface area contributed by atoms with Gasteiger partial charge in [0.2, 0.25) is 11.8 Å². The lowest BCUT2D eigenvalue weighted by Crippen LogP contribution is -2.55. The van der Waals surface area contributed by atoms with Gasteiger partial charge < -0.3 is 44.4 Å². The molecule has 3 N–H and O–H groups in total. The number of amides is 4. The number of likely N-dealkylation sites (tertiary alicyclic amines) is 2. The molecule has 15 heteroatoms. The predicted octanol–water partition coefficient (Wildman–Crippen LogP) is 7.09. The molecule has 3 aromatic carbocycles. The van der Waals surface area contributed by atoms with Gasteiger partial charge in [0, 0.05) is 43.3 Å². The maximum absolute atomic E-state index is 14.0. The Morgan fingerprint density at radius 2 is 1.61 bits per heavy atom. The van der Waals surface area contributed by atoms with Gasteiger partial charge in [0.15, 0.2) is 0 Å². The number of aliphatic imine (C=N–C) groups is 1. The summed E-state index contributed by atoms with van der Waals surface area (Å²) in [6, 6.07) is 12.9. The van der Waals surface area contributed by atoms with Crippen LogP contribution in [0.15, 0.2) is 53.7 Å². The second kappa shape index (κ2) is 17.4. The summed E-state index contributed by atoms with van der Waals surface area (Å²) in [5.74, 6) is 1.02. The van der Waals surface area contributed by atoms with E-state index >= 15 is 0 Å². The summed E-state index contributed by atoms with van der Waals surface area (Å²) in [5, 5.41) is 7.64. The van der Waals surface area contributed by atoms with Gasteiger partial charge in [-0.25, -0.2) is 14.6 Å². The quantitative estimate of drug-likeness (QED) is 0.142. The van der Waals surface area contributed by atoms with Gasteiger partial charge in [-0.1, -0.05) is 45.9 Å². The van der Waals surface area contributed by atoms with Crippen LogP contribution in [-0.4, -0.2) is 108 Å². The molecule has 2 saturated heterocycles. The number of ether oxygens (including phenoxy) is 4. The van der Waals surface area contributed by atoms with Crippen LogP contribution in [0.3, 0.4) is 0 Å². The lowest BCUT2D eigenvalue weighted by molar-refractivity contribution is -0.136. The molecule has 4 amide bonds. The van der Waals surface area contributed by atoms with Crippen LogP contribution in [0.25, 0.3) is 33.2 Å². The average molecular weight is 848 g/mol. The van der Waals surface area contributed by atoms with Crippen LogP contribution in [0.2, 0.25) is 0 Å². The van der Waals surface area contributed by atoms with Crippen LogP contribution in [-0.2, 0) is 36.8 Å². The molecule has 0 radical (unpaired) electrons. The van der Waals surface area contributed by atoms with E-state index in [4.69, 9.17) is 28.9 Å². The van der Waals surface area contributed by atoms with Crippen LogP contribution in [0.5, 0.6) is 5.75 Å². The molecule has 62 heavy (non-hydrogen) atoms. The molecule has 0 aliphatic carbocycles. The number of rotatable bonds is 11. The fraction of sp³-hybridized carbons (Fsp3) is 0.489. The topological polar surface area (TPSA) is 177 Å². The van der Waals surface area contributed by atoms with E-state index in [0.29, 0.717) is 38.4 Å². The molecule has 2 unspecified atom stereocenters. The van der Waals surface area contributed by atoms with E-state index in [-0.39, 0.29) is 47.7 Å². The molecule has 2 fully saturated rings.